The number of para-hydroxylation sites is 1. The van der Waals surface area contributed by atoms with Crippen molar-refractivity contribution < 1.29 is 8.42 Å². The van der Waals surface area contributed by atoms with Crippen molar-refractivity contribution in [2.24, 2.45) is 4.99 Å². The fourth-order valence-corrected chi connectivity index (χ4v) is 4.51. The summed E-state index contributed by atoms with van der Waals surface area (Å²) in [7, 11) is -1.34. The summed E-state index contributed by atoms with van der Waals surface area (Å²) in [5.41, 5.74) is 2.05. The van der Waals surface area contributed by atoms with E-state index in [2.05, 4.69) is 15.3 Å². The first kappa shape index (κ1) is 20.9. The van der Waals surface area contributed by atoms with Crippen LogP contribution in [0.4, 0.5) is 0 Å². The van der Waals surface area contributed by atoms with E-state index >= 15 is 0 Å². The monoisotopic (exact) mass is 488 g/mol. The smallest absolute Gasteiger partial charge is 0.193 e. The average molecular weight is 488 g/mol. The molecule has 0 amide bonds. The van der Waals surface area contributed by atoms with Gasteiger partial charge in [0.05, 0.1) is 16.0 Å². The fourth-order valence-electron chi connectivity index (χ4n) is 3.14. The van der Waals surface area contributed by atoms with Crippen LogP contribution in [0.2, 0.25) is 0 Å². The molecule has 1 aromatic heterocycles. The van der Waals surface area contributed by atoms with Gasteiger partial charge in [-0.15, -0.1) is 24.0 Å². The SMILES string of the molecule is CN=C(NCc1cccc2cccnc12)N1CCS(=O)(=O)C(C)(C)C1.I. The Labute approximate surface area is 172 Å². The van der Waals surface area contributed by atoms with Crippen molar-refractivity contribution in [1.29, 1.82) is 0 Å². The van der Waals surface area contributed by atoms with Gasteiger partial charge >= 0.3 is 0 Å². The molecule has 8 heteroatoms. The summed E-state index contributed by atoms with van der Waals surface area (Å²) < 4.78 is 23.6. The number of hydrogen-bond donors (Lipinski definition) is 1. The molecule has 0 atom stereocenters. The van der Waals surface area contributed by atoms with Crippen molar-refractivity contribution in [1.82, 2.24) is 15.2 Å². The van der Waals surface area contributed by atoms with Crippen molar-refractivity contribution in [2.45, 2.75) is 25.1 Å². The molecule has 1 aromatic carbocycles. The number of benzene rings is 1. The van der Waals surface area contributed by atoms with Crippen LogP contribution in [0.3, 0.4) is 0 Å². The molecule has 0 saturated carbocycles. The van der Waals surface area contributed by atoms with Gasteiger partial charge in [-0.2, -0.15) is 0 Å². The van der Waals surface area contributed by atoms with E-state index in [0.717, 1.165) is 22.4 Å². The quantitative estimate of drug-likeness (QED) is 0.400. The Morgan fingerprint density at radius 1 is 1.31 bits per heavy atom. The number of sulfone groups is 1. The lowest BCUT2D eigenvalue weighted by Crippen LogP contribution is -2.57. The van der Waals surface area contributed by atoms with Crippen molar-refractivity contribution in [3.05, 3.63) is 42.1 Å². The maximum absolute atomic E-state index is 12.2. The van der Waals surface area contributed by atoms with Gasteiger partial charge in [-0.25, -0.2) is 8.42 Å². The molecule has 3 rings (SSSR count). The number of aromatic nitrogens is 1. The van der Waals surface area contributed by atoms with Crippen LogP contribution in [0.25, 0.3) is 10.9 Å². The van der Waals surface area contributed by atoms with E-state index in [4.69, 9.17) is 0 Å². The maximum atomic E-state index is 12.2. The van der Waals surface area contributed by atoms with Gasteiger partial charge in [0, 0.05) is 38.3 Å². The Kier molecular flexibility index (Phi) is 6.49. The van der Waals surface area contributed by atoms with E-state index in [1.165, 1.54) is 0 Å². The van der Waals surface area contributed by atoms with Crippen LogP contribution in [-0.4, -0.2) is 54.9 Å². The third-order valence-corrected chi connectivity index (χ3v) is 7.24. The predicted octanol–water partition coefficient (Wildman–Crippen LogP) is 2.44. The number of nitrogens with one attached hydrogen (secondary N) is 1. The molecule has 0 bridgehead atoms. The van der Waals surface area contributed by atoms with Crippen LogP contribution >= 0.6 is 24.0 Å². The minimum absolute atomic E-state index is 0. The molecule has 1 aliphatic rings. The molecule has 1 fully saturated rings. The van der Waals surface area contributed by atoms with Crippen LogP contribution in [0, 0.1) is 0 Å². The summed E-state index contributed by atoms with van der Waals surface area (Å²) in [4.78, 5) is 10.8. The van der Waals surface area contributed by atoms with E-state index in [0.29, 0.717) is 19.6 Å². The van der Waals surface area contributed by atoms with Gasteiger partial charge in [0.2, 0.25) is 0 Å². The highest BCUT2D eigenvalue weighted by Gasteiger charge is 2.40. The van der Waals surface area contributed by atoms with E-state index in [1.54, 1.807) is 27.1 Å². The zero-order valence-corrected chi connectivity index (χ0v) is 18.4. The van der Waals surface area contributed by atoms with E-state index < -0.39 is 14.6 Å². The Morgan fingerprint density at radius 3 is 2.73 bits per heavy atom. The Bertz CT molecular complexity index is 907. The standard InChI is InChI=1S/C18H24N4O2S.HI/c1-18(2)13-22(10-11-25(18,23)24)17(19-3)21-12-15-7-4-6-14-8-5-9-20-16(14)15;/h4-9H,10-13H2,1-3H3,(H,19,21);1H. The molecule has 2 heterocycles. The minimum Gasteiger partial charge on any atom is -0.352 e. The van der Waals surface area contributed by atoms with Crippen LogP contribution in [0.5, 0.6) is 0 Å². The summed E-state index contributed by atoms with van der Waals surface area (Å²) in [6.45, 7) is 5.03. The van der Waals surface area contributed by atoms with Gasteiger partial charge < -0.3 is 10.2 Å². The molecule has 142 valence electrons. The van der Waals surface area contributed by atoms with Crippen LogP contribution in [0.15, 0.2) is 41.5 Å². The zero-order chi connectivity index (χ0) is 18.1. The molecule has 0 spiro atoms. The highest BCUT2D eigenvalue weighted by Crippen LogP contribution is 2.24. The summed E-state index contributed by atoms with van der Waals surface area (Å²) in [6, 6.07) is 10.1. The molecule has 1 aliphatic heterocycles. The Morgan fingerprint density at radius 2 is 2.04 bits per heavy atom. The van der Waals surface area contributed by atoms with Gasteiger partial charge in [-0.05, 0) is 25.5 Å². The Balaban J connectivity index is 0.00000243. The minimum atomic E-state index is -3.07. The first-order chi connectivity index (χ1) is 11.8. The van der Waals surface area contributed by atoms with Gasteiger partial charge in [0.1, 0.15) is 0 Å². The normalized spacial score (nSPS) is 19.0. The van der Waals surface area contributed by atoms with Crippen molar-refractivity contribution in [3.63, 3.8) is 0 Å². The molecule has 0 radical (unpaired) electrons. The summed E-state index contributed by atoms with van der Waals surface area (Å²) >= 11 is 0. The number of fused-ring (bicyclic) bond motifs is 1. The first-order valence-corrected chi connectivity index (χ1v) is 10.00. The predicted molar refractivity (Wildman–Crippen MR) is 117 cm³/mol. The lowest BCUT2D eigenvalue weighted by Gasteiger charge is -2.39. The third kappa shape index (κ3) is 4.11. The number of rotatable bonds is 2. The van der Waals surface area contributed by atoms with Gasteiger partial charge in [0.25, 0.3) is 0 Å². The third-order valence-electron chi connectivity index (χ3n) is 4.71. The van der Waals surface area contributed by atoms with Gasteiger partial charge in [-0.1, -0.05) is 24.3 Å². The van der Waals surface area contributed by atoms with E-state index in [1.807, 2.05) is 35.2 Å². The number of nitrogens with zero attached hydrogens (tertiary/aromatic N) is 3. The number of hydrogen-bond acceptors (Lipinski definition) is 4. The molecule has 26 heavy (non-hydrogen) atoms. The fraction of sp³-hybridized carbons (Fsp3) is 0.444. The van der Waals surface area contributed by atoms with Crippen molar-refractivity contribution in [2.75, 3.05) is 25.9 Å². The summed E-state index contributed by atoms with van der Waals surface area (Å²) in [6.07, 6.45) is 1.79. The van der Waals surface area contributed by atoms with Crippen molar-refractivity contribution in [3.8, 4) is 0 Å². The first-order valence-electron chi connectivity index (χ1n) is 8.34. The number of guanidine groups is 1. The topological polar surface area (TPSA) is 74.7 Å². The molecular formula is C18H25IN4O2S. The van der Waals surface area contributed by atoms with Gasteiger partial charge in [0.15, 0.2) is 15.8 Å². The maximum Gasteiger partial charge on any atom is 0.193 e. The largest absolute Gasteiger partial charge is 0.352 e. The molecule has 1 N–H and O–H groups in total. The summed E-state index contributed by atoms with van der Waals surface area (Å²) in [5.74, 6) is 0.868. The summed E-state index contributed by atoms with van der Waals surface area (Å²) in [5, 5.41) is 4.45. The Hall–Kier alpha value is -1.42. The lowest BCUT2D eigenvalue weighted by molar-refractivity contribution is 0.353. The second-order valence-electron chi connectivity index (χ2n) is 6.89. The molecule has 0 unspecified atom stereocenters. The number of aliphatic imine (C=N–C) groups is 1. The lowest BCUT2D eigenvalue weighted by atomic mass is 10.1. The second kappa shape index (κ2) is 8.08. The highest BCUT2D eigenvalue weighted by molar-refractivity contribution is 14.0. The molecule has 0 aliphatic carbocycles. The molecule has 2 aromatic rings. The van der Waals surface area contributed by atoms with Crippen LogP contribution in [0.1, 0.15) is 19.4 Å². The van der Waals surface area contributed by atoms with Crippen LogP contribution in [-0.2, 0) is 16.4 Å². The second-order valence-corrected chi connectivity index (χ2v) is 9.64. The van der Waals surface area contributed by atoms with Crippen LogP contribution < -0.4 is 5.32 Å². The number of pyridine rings is 1. The zero-order valence-electron chi connectivity index (χ0n) is 15.3. The average Bonchev–Trinajstić information content (AvgIpc) is 2.58. The highest BCUT2D eigenvalue weighted by atomic mass is 127. The molecule has 1 saturated heterocycles. The number of halogens is 1. The van der Waals surface area contributed by atoms with Crippen molar-refractivity contribution >= 4 is 50.7 Å². The molecule has 6 nitrogen and oxygen atoms in total. The van der Waals surface area contributed by atoms with E-state index in [9.17, 15) is 8.42 Å². The van der Waals surface area contributed by atoms with E-state index in [-0.39, 0.29) is 29.7 Å². The molecular weight excluding hydrogens is 463 g/mol. The van der Waals surface area contributed by atoms with Gasteiger partial charge in [-0.3, -0.25) is 9.98 Å².